The Bertz CT molecular complexity index is 906. The molecule has 0 atom stereocenters. The summed E-state index contributed by atoms with van der Waals surface area (Å²) in [4.78, 5) is 7.35. The number of aryl methyl sites for hydroxylation is 2. The number of halogens is 1. The first kappa shape index (κ1) is 14.1. The van der Waals surface area contributed by atoms with E-state index in [-0.39, 0.29) is 11.5 Å². The molecular formula is C15H10BFN4O. The Labute approximate surface area is 127 Å². The van der Waals surface area contributed by atoms with Gasteiger partial charge in [-0.25, -0.2) is 0 Å². The van der Waals surface area contributed by atoms with Gasteiger partial charge in [0.1, 0.15) is 11.4 Å². The molecule has 0 aliphatic carbocycles. The van der Waals surface area contributed by atoms with Gasteiger partial charge in [-0.15, -0.1) is 0 Å². The van der Waals surface area contributed by atoms with Crippen molar-refractivity contribution < 1.29 is 9.13 Å². The van der Waals surface area contributed by atoms with Crippen LogP contribution in [0.2, 0.25) is 0 Å². The van der Waals surface area contributed by atoms with Crippen molar-refractivity contribution >= 4 is 19.0 Å². The van der Waals surface area contributed by atoms with Crippen molar-refractivity contribution in [1.29, 1.82) is 5.26 Å². The van der Waals surface area contributed by atoms with Gasteiger partial charge in [0.2, 0.25) is 13.9 Å². The third-order valence-electron chi connectivity index (χ3n) is 3.30. The Morgan fingerprint density at radius 2 is 1.95 bits per heavy atom. The lowest BCUT2D eigenvalue weighted by Crippen LogP contribution is -2.00. The van der Waals surface area contributed by atoms with E-state index in [9.17, 15) is 4.39 Å². The second kappa shape index (κ2) is 5.15. The summed E-state index contributed by atoms with van der Waals surface area (Å²) in [6.45, 7) is 3.62. The van der Waals surface area contributed by atoms with Crippen LogP contribution in [0.25, 0.3) is 11.0 Å². The molecular weight excluding hydrogens is 282 g/mol. The number of nitrogens with zero attached hydrogens (tertiary/aromatic N) is 4. The van der Waals surface area contributed by atoms with Gasteiger partial charge in [-0.3, -0.25) is 0 Å². The standard InChI is InChI=1S/C15H10BFN4O/c1-8-5-10(7-18)6-9(2)12(8)22-14-11-3-4-21(16)13(11)19-15(17)20-14/h3-6H,1-2H3. The Morgan fingerprint density at radius 3 is 2.59 bits per heavy atom. The van der Waals surface area contributed by atoms with E-state index in [1.54, 1.807) is 24.4 Å². The van der Waals surface area contributed by atoms with Crippen LogP contribution in [0, 0.1) is 31.3 Å². The zero-order valence-electron chi connectivity index (χ0n) is 12.0. The van der Waals surface area contributed by atoms with Crippen molar-refractivity contribution in [2.45, 2.75) is 13.8 Å². The first-order valence-corrected chi connectivity index (χ1v) is 6.48. The second-order valence-electron chi connectivity index (χ2n) is 4.91. The largest absolute Gasteiger partial charge is 0.438 e. The predicted molar refractivity (Wildman–Crippen MR) is 79.3 cm³/mol. The number of aromatic nitrogens is 3. The summed E-state index contributed by atoms with van der Waals surface area (Å²) in [6, 6.07) is 7.13. The van der Waals surface area contributed by atoms with E-state index < -0.39 is 6.08 Å². The van der Waals surface area contributed by atoms with Gasteiger partial charge < -0.3 is 9.21 Å². The van der Waals surface area contributed by atoms with Crippen LogP contribution in [-0.4, -0.2) is 22.4 Å². The van der Waals surface area contributed by atoms with Gasteiger partial charge in [0.05, 0.1) is 17.0 Å². The van der Waals surface area contributed by atoms with Crippen LogP contribution >= 0.6 is 0 Å². The molecule has 3 aromatic rings. The van der Waals surface area contributed by atoms with E-state index in [1.165, 1.54) is 4.48 Å². The number of benzene rings is 1. The van der Waals surface area contributed by atoms with Crippen LogP contribution < -0.4 is 4.74 Å². The summed E-state index contributed by atoms with van der Waals surface area (Å²) in [5, 5.41) is 9.48. The first-order chi connectivity index (χ1) is 10.5. The van der Waals surface area contributed by atoms with Gasteiger partial charge in [-0.05, 0) is 49.4 Å². The third kappa shape index (κ3) is 2.29. The maximum Gasteiger partial charge on any atom is 0.313 e. The van der Waals surface area contributed by atoms with Crippen LogP contribution in [-0.2, 0) is 0 Å². The van der Waals surface area contributed by atoms with Crippen molar-refractivity contribution in [3.05, 3.63) is 47.2 Å². The topological polar surface area (TPSA) is 63.7 Å². The second-order valence-corrected chi connectivity index (χ2v) is 4.91. The van der Waals surface area contributed by atoms with Crippen LogP contribution in [0.4, 0.5) is 4.39 Å². The molecule has 0 aliphatic heterocycles. The maximum absolute atomic E-state index is 13.6. The fraction of sp³-hybridized carbons (Fsp3) is 0.133. The normalized spacial score (nSPS) is 10.6. The highest BCUT2D eigenvalue weighted by Crippen LogP contribution is 2.32. The lowest BCUT2D eigenvalue weighted by atomic mass is 10.1. The molecule has 0 bridgehead atoms. The maximum atomic E-state index is 13.6. The molecule has 0 N–H and O–H groups in total. The molecule has 0 spiro atoms. The summed E-state index contributed by atoms with van der Waals surface area (Å²) in [7, 11) is 5.67. The van der Waals surface area contributed by atoms with Crippen LogP contribution in [0.15, 0.2) is 24.4 Å². The molecule has 2 heterocycles. The monoisotopic (exact) mass is 292 g/mol. The van der Waals surface area contributed by atoms with Gasteiger partial charge in [-0.2, -0.15) is 19.6 Å². The zero-order chi connectivity index (χ0) is 15.9. The molecule has 2 aromatic heterocycles. The van der Waals surface area contributed by atoms with Crippen molar-refractivity contribution in [3.8, 4) is 17.7 Å². The molecule has 0 saturated heterocycles. The van der Waals surface area contributed by atoms with Gasteiger partial charge in [0, 0.05) is 0 Å². The molecule has 7 heteroatoms. The number of rotatable bonds is 2. The minimum atomic E-state index is -0.920. The van der Waals surface area contributed by atoms with E-state index >= 15 is 0 Å². The Balaban J connectivity index is 2.13. The molecule has 0 aliphatic rings. The fourth-order valence-corrected chi connectivity index (χ4v) is 2.33. The SMILES string of the molecule is [B]n1ccc2c(Oc3c(C)cc(C#N)cc3C)nc(F)nc21. The minimum absolute atomic E-state index is 0.0857. The van der Waals surface area contributed by atoms with Crippen molar-refractivity contribution in [2.24, 2.45) is 0 Å². The molecule has 2 radical (unpaired) electrons. The number of ether oxygens (including phenoxy) is 1. The quantitative estimate of drug-likeness (QED) is 0.538. The highest BCUT2D eigenvalue weighted by atomic mass is 19.1. The number of hydrogen-bond donors (Lipinski definition) is 0. The fourth-order valence-electron chi connectivity index (χ4n) is 2.33. The molecule has 0 unspecified atom stereocenters. The Hall–Kier alpha value is -2.88. The third-order valence-corrected chi connectivity index (χ3v) is 3.30. The number of hydrogen-bond acceptors (Lipinski definition) is 4. The summed E-state index contributed by atoms with van der Waals surface area (Å²) in [6.07, 6.45) is 0.626. The molecule has 0 fully saturated rings. The average Bonchev–Trinajstić information content (AvgIpc) is 2.84. The van der Waals surface area contributed by atoms with E-state index in [4.69, 9.17) is 18.0 Å². The van der Waals surface area contributed by atoms with Crippen molar-refractivity contribution in [2.75, 3.05) is 0 Å². The summed E-state index contributed by atoms with van der Waals surface area (Å²) < 4.78 is 20.5. The lowest BCUT2D eigenvalue weighted by molar-refractivity contribution is 0.437. The number of nitriles is 1. The number of fused-ring (bicyclic) bond motifs is 1. The highest BCUT2D eigenvalue weighted by molar-refractivity contribution is 6.11. The van der Waals surface area contributed by atoms with E-state index in [2.05, 4.69) is 16.0 Å². The van der Waals surface area contributed by atoms with Gasteiger partial charge >= 0.3 is 6.08 Å². The summed E-state index contributed by atoms with van der Waals surface area (Å²) in [5.74, 6) is 0.616. The van der Waals surface area contributed by atoms with Crippen molar-refractivity contribution in [1.82, 2.24) is 14.4 Å². The van der Waals surface area contributed by atoms with Crippen molar-refractivity contribution in [3.63, 3.8) is 0 Å². The van der Waals surface area contributed by atoms with Crippen LogP contribution in [0.5, 0.6) is 11.6 Å². The predicted octanol–water partition coefficient (Wildman–Crippen LogP) is 2.78. The van der Waals surface area contributed by atoms with Gasteiger partial charge in [0.25, 0.3) is 0 Å². The Morgan fingerprint density at radius 1 is 1.27 bits per heavy atom. The summed E-state index contributed by atoms with van der Waals surface area (Å²) in [5.41, 5.74) is 2.30. The van der Waals surface area contributed by atoms with Crippen LogP contribution in [0.1, 0.15) is 16.7 Å². The van der Waals surface area contributed by atoms with Gasteiger partial charge in [0.15, 0.2) is 0 Å². The lowest BCUT2D eigenvalue weighted by Gasteiger charge is -2.12. The smallest absolute Gasteiger partial charge is 0.313 e. The molecule has 3 rings (SSSR count). The molecule has 5 nitrogen and oxygen atoms in total. The molecule has 0 amide bonds. The molecule has 0 saturated carbocycles. The molecule has 106 valence electrons. The Kier molecular flexibility index (Phi) is 3.30. The van der Waals surface area contributed by atoms with E-state index in [0.29, 0.717) is 16.7 Å². The summed E-state index contributed by atoms with van der Waals surface area (Å²) >= 11 is 0. The molecule has 22 heavy (non-hydrogen) atoms. The van der Waals surface area contributed by atoms with Crippen LogP contribution in [0.3, 0.4) is 0 Å². The minimum Gasteiger partial charge on any atom is -0.438 e. The zero-order valence-corrected chi connectivity index (χ0v) is 12.0. The average molecular weight is 292 g/mol. The van der Waals surface area contributed by atoms with Gasteiger partial charge in [-0.1, -0.05) is 0 Å². The highest BCUT2D eigenvalue weighted by Gasteiger charge is 2.15. The molecule has 1 aromatic carbocycles. The van der Waals surface area contributed by atoms with E-state index in [0.717, 1.165) is 11.1 Å². The van der Waals surface area contributed by atoms with E-state index in [1.807, 2.05) is 13.8 Å². The first-order valence-electron chi connectivity index (χ1n) is 6.48.